The summed E-state index contributed by atoms with van der Waals surface area (Å²) in [4.78, 5) is 0. The van der Waals surface area contributed by atoms with Crippen LogP contribution in [0, 0.1) is 3.57 Å². The van der Waals surface area contributed by atoms with Crippen molar-refractivity contribution in [2.24, 2.45) is 0 Å². The van der Waals surface area contributed by atoms with Crippen LogP contribution in [0.2, 0.25) is 0 Å². The van der Waals surface area contributed by atoms with Crippen LogP contribution >= 0.6 is 0 Å². The second kappa shape index (κ2) is 5.17. The Labute approximate surface area is 122 Å². The predicted octanol–water partition coefficient (Wildman–Crippen LogP) is -0.656. The number of phenols is 1. The van der Waals surface area contributed by atoms with E-state index in [2.05, 4.69) is 10.2 Å². The molecule has 0 amide bonds. The number of hydrogen-bond donors (Lipinski definition) is 1. The van der Waals surface area contributed by atoms with E-state index >= 15 is 0 Å². The molecule has 3 rings (SSSR count). The predicted molar refractivity (Wildman–Crippen MR) is 71.1 cm³/mol. The van der Waals surface area contributed by atoms with Crippen LogP contribution in [0.3, 0.4) is 0 Å². The molecular formula is C14H9BIN2O-. The molecule has 0 aliphatic rings. The molecular weight excluding hydrogens is 350 g/mol. The molecule has 3 aromatic rings. The summed E-state index contributed by atoms with van der Waals surface area (Å²) in [5.41, 5.74) is 7.90. The Morgan fingerprint density at radius 2 is 1.84 bits per heavy atom. The van der Waals surface area contributed by atoms with Crippen LogP contribution in [0.25, 0.3) is 22.2 Å². The Bertz CT molecular complexity index is 748. The number of aromatic nitrogens is 2. The molecule has 0 saturated carbocycles. The molecule has 0 spiro atoms. The minimum atomic E-state index is -0.431. The zero-order chi connectivity index (χ0) is 13.2. The maximum absolute atomic E-state index is 9.84. The summed E-state index contributed by atoms with van der Waals surface area (Å²) in [5.74, 6) is 0.209. The van der Waals surface area contributed by atoms with Crippen molar-refractivity contribution < 1.29 is 26.1 Å². The van der Waals surface area contributed by atoms with E-state index in [9.17, 15) is 5.11 Å². The summed E-state index contributed by atoms with van der Waals surface area (Å²) in [6.07, 6.45) is 0. The van der Waals surface area contributed by atoms with Gasteiger partial charge in [-0.1, -0.05) is 0 Å². The van der Waals surface area contributed by atoms with Crippen molar-refractivity contribution >= 4 is 16.6 Å². The van der Waals surface area contributed by atoms with Crippen molar-refractivity contribution in [2.75, 3.05) is 0 Å². The van der Waals surface area contributed by atoms with Gasteiger partial charge in [0.05, 0.1) is 0 Å². The number of hydrogen-bond acceptors (Lipinski definition) is 3. The number of fused-ring (bicyclic) bond motifs is 1. The molecule has 0 aliphatic carbocycles. The first-order chi connectivity index (χ1) is 9.28. The first kappa shape index (κ1) is 12.4. The molecule has 0 fully saturated rings. The van der Waals surface area contributed by atoms with E-state index in [-0.39, 0.29) is 5.75 Å². The number of halogens is 1. The number of nitrogens with zero attached hydrogens (tertiary/aromatic N) is 2. The van der Waals surface area contributed by atoms with Crippen molar-refractivity contribution in [3.05, 3.63) is 52.1 Å². The van der Waals surface area contributed by atoms with Crippen LogP contribution in [0.5, 0.6) is 5.75 Å². The van der Waals surface area contributed by atoms with Crippen molar-refractivity contribution in [2.45, 2.75) is 0 Å². The van der Waals surface area contributed by atoms with Crippen LogP contribution in [0.1, 0.15) is 0 Å². The maximum atomic E-state index is 9.84. The van der Waals surface area contributed by atoms with Crippen LogP contribution in [0.15, 0.2) is 48.5 Å². The van der Waals surface area contributed by atoms with Crippen LogP contribution in [-0.4, -0.2) is 21.0 Å². The molecule has 19 heavy (non-hydrogen) atoms. The summed E-state index contributed by atoms with van der Waals surface area (Å²) in [7, 11) is 0. The molecule has 3 nitrogen and oxygen atoms in total. The van der Waals surface area contributed by atoms with E-state index in [1.54, 1.807) is 12.1 Å². The van der Waals surface area contributed by atoms with Gasteiger partial charge in [-0.05, 0) is 0 Å². The fourth-order valence-electron chi connectivity index (χ4n) is 1.90. The molecule has 0 saturated heterocycles. The summed E-state index contributed by atoms with van der Waals surface area (Å²) in [6.45, 7) is 0. The Balaban J connectivity index is 2.15. The van der Waals surface area contributed by atoms with Gasteiger partial charge in [0.1, 0.15) is 0 Å². The van der Waals surface area contributed by atoms with Crippen LogP contribution in [0.4, 0.5) is 0 Å². The average molecular weight is 359 g/mol. The van der Waals surface area contributed by atoms with Crippen LogP contribution in [-0.2, 0) is 0 Å². The zero-order valence-corrected chi connectivity index (χ0v) is 12.1. The van der Waals surface area contributed by atoms with Crippen molar-refractivity contribution in [3.63, 3.8) is 0 Å². The summed E-state index contributed by atoms with van der Waals surface area (Å²) < 4.78 is 1.14. The van der Waals surface area contributed by atoms with Crippen molar-refractivity contribution in [3.8, 4) is 17.0 Å². The Morgan fingerprint density at radius 1 is 1.00 bits per heavy atom. The molecule has 0 unspecified atom stereocenters. The van der Waals surface area contributed by atoms with Crippen LogP contribution < -0.4 is 21.0 Å². The van der Waals surface area contributed by atoms with Gasteiger partial charge in [-0.25, -0.2) is 0 Å². The van der Waals surface area contributed by atoms with Gasteiger partial charge in [0.2, 0.25) is 0 Å². The molecule has 1 aromatic heterocycles. The van der Waals surface area contributed by atoms with Gasteiger partial charge in [0, 0.05) is 0 Å². The van der Waals surface area contributed by atoms with E-state index in [0.29, 0.717) is 11.3 Å². The number of para-hydroxylation sites is 1. The molecule has 0 aliphatic heterocycles. The summed E-state index contributed by atoms with van der Waals surface area (Å²) in [5, 5.41) is 19.2. The van der Waals surface area contributed by atoms with Gasteiger partial charge in [-0.3, -0.25) is 0 Å². The fraction of sp³-hybridized carbons (Fsp3) is 0. The summed E-state index contributed by atoms with van der Waals surface area (Å²) in [6, 6.07) is 15.0. The number of phenolic OH excluding ortho intramolecular Hbond substituents is 1. The first-order valence-corrected chi connectivity index (χ1v) is 8.00. The SMILES string of the molecule is [B][I-]c1ccc2cc(-c3ccccc3O)nnc2c1. The number of benzene rings is 2. The molecule has 2 radical (unpaired) electrons. The van der Waals surface area contributed by atoms with E-state index in [0.717, 1.165) is 14.5 Å². The third kappa shape index (κ3) is 2.42. The number of rotatable bonds is 2. The van der Waals surface area contributed by atoms with Gasteiger partial charge in [-0.2, -0.15) is 0 Å². The Hall–Kier alpha value is -1.63. The third-order valence-electron chi connectivity index (χ3n) is 2.86. The second-order valence-electron chi connectivity index (χ2n) is 4.06. The Morgan fingerprint density at radius 3 is 2.63 bits per heavy atom. The van der Waals surface area contributed by atoms with E-state index in [1.165, 1.54) is 0 Å². The molecule has 1 heterocycles. The van der Waals surface area contributed by atoms with Crippen molar-refractivity contribution in [1.29, 1.82) is 0 Å². The van der Waals surface area contributed by atoms with Crippen molar-refractivity contribution in [1.82, 2.24) is 10.2 Å². The first-order valence-electron chi connectivity index (χ1n) is 5.67. The van der Waals surface area contributed by atoms with Gasteiger partial charge in [-0.15, -0.1) is 0 Å². The van der Waals surface area contributed by atoms with E-state index in [1.807, 2.05) is 36.4 Å². The zero-order valence-electron chi connectivity index (χ0n) is 9.92. The number of aromatic hydroxyl groups is 1. The van der Waals surface area contributed by atoms with Gasteiger partial charge < -0.3 is 0 Å². The van der Waals surface area contributed by atoms with E-state index in [4.69, 9.17) is 5.70 Å². The monoisotopic (exact) mass is 359 g/mol. The molecule has 0 atom stereocenters. The molecule has 92 valence electrons. The van der Waals surface area contributed by atoms with Gasteiger partial charge in [0.15, 0.2) is 0 Å². The summed E-state index contributed by atoms with van der Waals surface area (Å²) >= 11 is -0.431. The normalized spacial score (nSPS) is 10.9. The van der Waals surface area contributed by atoms with E-state index < -0.39 is 21.0 Å². The minimum absolute atomic E-state index is 0.209. The average Bonchev–Trinajstić information content (AvgIpc) is 2.46. The fourth-order valence-corrected chi connectivity index (χ4v) is 2.76. The van der Waals surface area contributed by atoms with Gasteiger partial charge in [0.25, 0.3) is 0 Å². The molecule has 2 aromatic carbocycles. The third-order valence-corrected chi connectivity index (χ3v) is 4.25. The second-order valence-corrected chi connectivity index (χ2v) is 5.93. The molecule has 1 N–H and O–H groups in total. The molecule has 5 heteroatoms. The quantitative estimate of drug-likeness (QED) is 0.489. The van der Waals surface area contributed by atoms with Gasteiger partial charge >= 0.3 is 122 Å². The topological polar surface area (TPSA) is 46.0 Å². The molecule has 0 bridgehead atoms. The standard InChI is InChI=1S/C14H9BIN2O/c15-16-10-6-5-9-7-13(18-17-12(9)8-10)11-3-1-2-4-14(11)19/h1-8,19H/q-1. The Kier molecular flexibility index (Phi) is 3.37.